The molecule has 1 fully saturated rings. The maximum atomic E-state index is 3.79. The van der Waals surface area contributed by atoms with Gasteiger partial charge in [0.05, 0.1) is 0 Å². The maximum Gasteiger partial charge on any atom is 0.0244 e. The first-order valence-electron chi connectivity index (χ1n) is 7.95. The van der Waals surface area contributed by atoms with Crippen LogP contribution >= 0.6 is 11.8 Å². The van der Waals surface area contributed by atoms with Crippen molar-refractivity contribution in [1.29, 1.82) is 0 Å². The van der Waals surface area contributed by atoms with Crippen LogP contribution in [0.25, 0.3) is 0 Å². The van der Waals surface area contributed by atoms with Gasteiger partial charge in [0.2, 0.25) is 0 Å². The average Bonchev–Trinajstić information content (AvgIpc) is 2.37. The molecule has 0 bridgehead atoms. The van der Waals surface area contributed by atoms with E-state index in [9.17, 15) is 0 Å². The fourth-order valence-corrected chi connectivity index (χ4v) is 3.80. The quantitative estimate of drug-likeness (QED) is 0.773. The molecule has 1 saturated heterocycles. The summed E-state index contributed by atoms with van der Waals surface area (Å²) in [5.41, 5.74) is 0. The van der Waals surface area contributed by atoms with Gasteiger partial charge in [-0.15, -0.1) is 0 Å². The minimum atomic E-state index is 0.682. The molecule has 0 aliphatic carbocycles. The topological polar surface area (TPSA) is 15.3 Å². The molecule has 1 N–H and O–H groups in total. The lowest BCUT2D eigenvalue weighted by molar-refractivity contribution is 0.0721. The fraction of sp³-hybridized carbons (Fsp3) is 1.00. The van der Waals surface area contributed by atoms with E-state index in [-0.39, 0.29) is 0 Å². The Balaban J connectivity index is 2.62. The molecule has 0 radical (unpaired) electrons. The number of hydrogen-bond acceptors (Lipinski definition) is 3. The second-order valence-electron chi connectivity index (χ2n) is 6.73. The summed E-state index contributed by atoms with van der Waals surface area (Å²) in [6, 6.07) is 1.39. The van der Waals surface area contributed by atoms with E-state index in [1.54, 1.807) is 0 Å². The van der Waals surface area contributed by atoms with Gasteiger partial charge in [0.1, 0.15) is 0 Å². The van der Waals surface area contributed by atoms with Crippen LogP contribution in [0.3, 0.4) is 0 Å². The van der Waals surface area contributed by atoms with E-state index in [4.69, 9.17) is 0 Å². The Bertz CT molecular complexity index is 245. The largest absolute Gasteiger partial charge is 0.311 e. The maximum absolute atomic E-state index is 3.79. The van der Waals surface area contributed by atoms with E-state index < -0.39 is 0 Å². The summed E-state index contributed by atoms with van der Waals surface area (Å²) < 4.78 is 0. The molecule has 1 aliphatic rings. The standard InChI is InChI=1S/C16H34N2S/c1-7-14(5)15-10-18(9-13(4)11-19-6)16(8-17-15)12(2)3/h12-17H,7-11H2,1-6H3. The molecule has 0 amide bonds. The van der Waals surface area contributed by atoms with E-state index in [0.29, 0.717) is 12.1 Å². The highest BCUT2D eigenvalue weighted by molar-refractivity contribution is 7.98. The Kier molecular flexibility index (Phi) is 7.78. The minimum Gasteiger partial charge on any atom is -0.311 e. The number of nitrogens with one attached hydrogen (secondary N) is 1. The Morgan fingerprint density at radius 3 is 2.47 bits per heavy atom. The molecular formula is C16H34N2S. The predicted octanol–water partition coefficient (Wildman–Crippen LogP) is 3.33. The highest BCUT2D eigenvalue weighted by atomic mass is 32.2. The molecule has 1 rings (SSSR count). The highest BCUT2D eigenvalue weighted by Gasteiger charge is 2.32. The number of piperazine rings is 1. The summed E-state index contributed by atoms with van der Waals surface area (Å²) in [6.07, 6.45) is 3.49. The molecule has 114 valence electrons. The lowest BCUT2D eigenvalue weighted by atomic mass is 9.91. The summed E-state index contributed by atoms with van der Waals surface area (Å²) in [5.74, 6) is 3.60. The molecular weight excluding hydrogens is 252 g/mol. The summed E-state index contributed by atoms with van der Waals surface area (Å²) in [4.78, 5) is 2.76. The molecule has 4 atom stereocenters. The van der Waals surface area contributed by atoms with Crippen LogP contribution in [0.15, 0.2) is 0 Å². The van der Waals surface area contributed by atoms with Gasteiger partial charge in [0.15, 0.2) is 0 Å². The second-order valence-corrected chi connectivity index (χ2v) is 7.64. The third kappa shape index (κ3) is 5.28. The van der Waals surface area contributed by atoms with Crippen molar-refractivity contribution in [1.82, 2.24) is 10.2 Å². The van der Waals surface area contributed by atoms with Crippen LogP contribution < -0.4 is 5.32 Å². The van der Waals surface area contributed by atoms with Crippen molar-refractivity contribution >= 4 is 11.8 Å². The number of nitrogens with zero attached hydrogens (tertiary/aromatic N) is 1. The van der Waals surface area contributed by atoms with Crippen LogP contribution in [0.4, 0.5) is 0 Å². The predicted molar refractivity (Wildman–Crippen MR) is 89.0 cm³/mol. The van der Waals surface area contributed by atoms with Crippen molar-refractivity contribution in [3.63, 3.8) is 0 Å². The molecule has 0 aromatic heterocycles. The Hall–Kier alpha value is 0.270. The normalized spacial score (nSPS) is 28.6. The molecule has 4 unspecified atom stereocenters. The lowest BCUT2D eigenvalue weighted by Crippen LogP contribution is -2.60. The van der Waals surface area contributed by atoms with E-state index in [2.05, 4.69) is 51.1 Å². The van der Waals surface area contributed by atoms with Crippen molar-refractivity contribution < 1.29 is 0 Å². The molecule has 1 aliphatic heterocycles. The average molecular weight is 287 g/mol. The molecule has 19 heavy (non-hydrogen) atoms. The highest BCUT2D eigenvalue weighted by Crippen LogP contribution is 2.21. The lowest BCUT2D eigenvalue weighted by Gasteiger charge is -2.45. The zero-order valence-corrected chi connectivity index (χ0v) is 14.6. The van der Waals surface area contributed by atoms with Gasteiger partial charge in [0.25, 0.3) is 0 Å². The molecule has 0 aromatic rings. The SMILES string of the molecule is CCC(C)C1CN(CC(C)CSC)C(C(C)C)CN1. The van der Waals surface area contributed by atoms with Crippen molar-refractivity contribution in [2.75, 3.05) is 31.6 Å². The van der Waals surface area contributed by atoms with Crippen LogP contribution in [-0.4, -0.2) is 48.6 Å². The first-order chi connectivity index (χ1) is 8.99. The van der Waals surface area contributed by atoms with E-state index >= 15 is 0 Å². The molecule has 0 saturated carbocycles. The van der Waals surface area contributed by atoms with Gasteiger partial charge in [-0.3, -0.25) is 4.90 Å². The van der Waals surface area contributed by atoms with E-state index in [1.165, 1.54) is 31.8 Å². The van der Waals surface area contributed by atoms with Crippen LogP contribution in [0.1, 0.15) is 41.0 Å². The summed E-state index contributed by atoms with van der Waals surface area (Å²) in [6.45, 7) is 15.5. The Labute approximate surface area is 125 Å². The van der Waals surface area contributed by atoms with Gasteiger partial charge in [-0.25, -0.2) is 0 Å². The third-order valence-electron chi connectivity index (χ3n) is 4.59. The van der Waals surface area contributed by atoms with Gasteiger partial charge >= 0.3 is 0 Å². The molecule has 3 heteroatoms. The zero-order chi connectivity index (χ0) is 14.4. The minimum absolute atomic E-state index is 0.682. The first-order valence-corrected chi connectivity index (χ1v) is 9.35. The smallest absolute Gasteiger partial charge is 0.0244 e. The van der Waals surface area contributed by atoms with E-state index in [1.807, 2.05) is 11.8 Å². The van der Waals surface area contributed by atoms with Crippen molar-refractivity contribution in [3.8, 4) is 0 Å². The monoisotopic (exact) mass is 286 g/mol. The Morgan fingerprint density at radius 1 is 1.26 bits per heavy atom. The third-order valence-corrected chi connectivity index (χ3v) is 5.49. The number of hydrogen-bond donors (Lipinski definition) is 1. The van der Waals surface area contributed by atoms with Crippen molar-refractivity contribution in [2.45, 2.75) is 53.1 Å². The van der Waals surface area contributed by atoms with Crippen molar-refractivity contribution in [3.05, 3.63) is 0 Å². The number of rotatable bonds is 7. The molecule has 0 aromatic carbocycles. The Morgan fingerprint density at radius 2 is 1.95 bits per heavy atom. The second kappa shape index (κ2) is 8.53. The first kappa shape index (κ1) is 17.3. The van der Waals surface area contributed by atoms with Gasteiger partial charge in [-0.1, -0.05) is 41.0 Å². The molecule has 0 spiro atoms. The molecule has 2 nitrogen and oxygen atoms in total. The summed E-state index contributed by atoms with van der Waals surface area (Å²) >= 11 is 1.98. The summed E-state index contributed by atoms with van der Waals surface area (Å²) in [7, 11) is 0. The van der Waals surface area contributed by atoms with Crippen LogP contribution in [0, 0.1) is 17.8 Å². The zero-order valence-electron chi connectivity index (χ0n) is 13.8. The van der Waals surface area contributed by atoms with Gasteiger partial charge in [-0.2, -0.15) is 11.8 Å². The van der Waals surface area contributed by atoms with Gasteiger partial charge in [-0.05, 0) is 29.8 Å². The van der Waals surface area contributed by atoms with Crippen LogP contribution in [0.5, 0.6) is 0 Å². The van der Waals surface area contributed by atoms with Crippen molar-refractivity contribution in [2.24, 2.45) is 17.8 Å². The van der Waals surface area contributed by atoms with E-state index in [0.717, 1.165) is 17.8 Å². The van der Waals surface area contributed by atoms with Gasteiger partial charge < -0.3 is 5.32 Å². The van der Waals surface area contributed by atoms with Gasteiger partial charge in [0, 0.05) is 31.7 Å². The summed E-state index contributed by atoms with van der Waals surface area (Å²) in [5, 5.41) is 3.79. The van der Waals surface area contributed by atoms with Crippen LogP contribution in [0.2, 0.25) is 0 Å². The van der Waals surface area contributed by atoms with Crippen LogP contribution in [-0.2, 0) is 0 Å². The molecule has 1 heterocycles. The fourth-order valence-electron chi connectivity index (χ4n) is 3.12. The number of thioether (sulfide) groups is 1.